The molecule has 5 heteroatoms. The third-order valence-electron chi connectivity index (χ3n) is 3.11. The Morgan fingerprint density at radius 1 is 1.32 bits per heavy atom. The first-order valence-electron chi connectivity index (χ1n) is 7.60. The molecular weight excluding hydrogens is 278 g/mol. The maximum absolute atomic E-state index is 12.0. The van der Waals surface area contributed by atoms with Crippen LogP contribution in [0.1, 0.15) is 52.3 Å². The molecule has 0 saturated heterocycles. The first-order chi connectivity index (χ1) is 10.4. The lowest BCUT2D eigenvalue weighted by molar-refractivity contribution is 0.0499. The van der Waals surface area contributed by atoms with Crippen LogP contribution in [0.3, 0.4) is 0 Å². The van der Waals surface area contributed by atoms with Crippen LogP contribution in [-0.4, -0.2) is 21.7 Å². The highest BCUT2D eigenvalue weighted by Gasteiger charge is 2.21. The first-order valence-corrected chi connectivity index (χ1v) is 7.60. The third kappa shape index (κ3) is 4.41. The van der Waals surface area contributed by atoms with Crippen LogP contribution >= 0.6 is 0 Å². The van der Waals surface area contributed by atoms with E-state index in [0.29, 0.717) is 5.65 Å². The molecule has 0 bridgehead atoms. The molecule has 22 heavy (non-hydrogen) atoms. The number of amides is 1. The van der Waals surface area contributed by atoms with Gasteiger partial charge in [0.05, 0.1) is 11.7 Å². The van der Waals surface area contributed by atoms with E-state index < -0.39 is 11.7 Å². The molecule has 2 aromatic heterocycles. The summed E-state index contributed by atoms with van der Waals surface area (Å²) in [5.41, 5.74) is 0.977. The van der Waals surface area contributed by atoms with Crippen LogP contribution in [0.5, 0.6) is 0 Å². The van der Waals surface area contributed by atoms with Crippen molar-refractivity contribution >= 4 is 17.1 Å². The molecule has 0 spiro atoms. The highest BCUT2D eigenvalue weighted by Crippen LogP contribution is 2.20. The summed E-state index contributed by atoms with van der Waals surface area (Å²) in [5.74, 6) is 0. The molecule has 1 atom stereocenters. The fourth-order valence-corrected chi connectivity index (χ4v) is 2.19. The van der Waals surface area contributed by atoms with Crippen molar-refractivity contribution in [3.05, 3.63) is 36.2 Å². The standard InChI is InChI=1S/C17H23N3O2/c1-5-7-13(20-16(21)22-17(2,3)4)14-10-9-12-8-6-11-18-15(12)19-14/h6,8-11,13H,5,7H2,1-4H3,(H,20,21). The number of pyridine rings is 2. The van der Waals surface area contributed by atoms with Crippen molar-refractivity contribution in [1.29, 1.82) is 0 Å². The van der Waals surface area contributed by atoms with E-state index in [4.69, 9.17) is 4.74 Å². The maximum Gasteiger partial charge on any atom is 0.408 e. The third-order valence-corrected chi connectivity index (χ3v) is 3.11. The number of ether oxygens (including phenoxy) is 1. The second kappa shape index (κ2) is 6.73. The number of nitrogens with zero attached hydrogens (tertiary/aromatic N) is 2. The van der Waals surface area contributed by atoms with Gasteiger partial charge >= 0.3 is 6.09 Å². The van der Waals surface area contributed by atoms with Crippen LogP contribution in [0.2, 0.25) is 0 Å². The monoisotopic (exact) mass is 301 g/mol. The zero-order valence-corrected chi connectivity index (χ0v) is 13.6. The highest BCUT2D eigenvalue weighted by molar-refractivity contribution is 5.74. The lowest BCUT2D eigenvalue weighted by Gasteiger charge is -2.23. The molecule has 2 heterocycles. The van der Waals surface area contributed by atoms with Gasteiger partial charge in [-0.1, -0.05) is 13.3 Å². The van der Waals surface area contributed by atoms with Gasteiger partial charge < -0.3 is 10.1 Å². The number of nitrogens with one attached hydrogen (secondary N) is 1. The Morgan fingerprint density at radius 2 is 2.09 bits per heavy atom. The zero-order valence-electron chi connectivity index (χ0n) is 13.6. The highest BCUT2D eigenvalue weighted by atomic mass is 16.6. The quantitative estimate of drug-likeness (QED) is 0.927. The van der Waals surface area contributed by atoms with E-state index in [0.717, 1.165) is 23.9 Å². The predicted molar refractivity (Wildman–Crippen MR) is 86.6 cm³/mol. The van der Waals surface area contributed by atoms with Crippen LogP contribution in [0.4, 0.5) is 4.79 Å². The van der Waals surface area contributed by atoms with Crippen molar-refractivity contribution < 1.29 is 9.53 Å². The molecule has 1 N–H and O–H groups in total. The van der Waals surface area contributed by atoms with Gasteiger partial charge in [0.15, 0.2) is 5.65 Å². The summed E-state index contributed by atoms with van der Waals surface area (Å²) in [6.07, 6.45) is 3.02. The van der Waals surface area contributed by atoms with Crippen LogP contribution in [0, 0.1) is 0 Å². The summed E-state index contributed by atoms with van der Waals surface area (Å²) in [6.45, 7) is 7.61. The molecule has 0 aliphatic rings. The molecule has 0 fully saturated rings. The lowest BCUT2D eigenvalue weighted by atomic mass is 10.1. The van der Waals surface area contributed by atoms with E-state index >= 15 is 0 Å². The minimum Gasteiger partial charge on any atom is -0.444 e. The van der Waals surface area contributed by atoms with Crippen molar-refractivity contribution in [3.63, 3.8) is 0 Å². The van der Waals surface area contributed by atoms with Gasteiger partial charge in [0.25, 0.3) is 0 Å². The van der Waals surface area contributed by atoms with Crippen molar-refractivity contribution in [3.8, 4) is 0 Å². The smallest absolute Gasteiger partial charge is 0.408 e. The fraction of sp³-hybridized carbons (Fsp3) is 0.471. The van der Waals surface area contributed by atoms with Crippen molar-refractivity contribution in [1.82, 2.24) is 15.3 Å². The van der Waals surface area contributed by atoms with E-state index in [1.165, 1.54) is 0 Å². The molecular formula is C17H23N3O2. The van der Waals surface area contributed by atoms with Crippen molar-refractivity contribution in [2.45, 2.75) is 52.2 Å². The largest absolute Gasteiger partial charge is 0.444 e. The Morgan fingerprint density at radius 3 is 2.77 bits per heavy atom. The van der Waals surface area contributed by atoms with Crippen molar-refractivity contribution in [2.75, 3.05) is 0 Å². The first kappa shape index (κ1) is 16.2. The summed E-state index contributed by atoms with van der Waals surface area (Å²) in [5, 5.41) is 3.89. The van der Waals surface area contributed by atoms with Gasteiger partial charge in [0.1, 0.15) is 5.60 Å². The molecule has 1 unspecified atom stereocenters. The van der Waals surface area contributed by atoms with Crippen LogP contribution < -0.4 is 5.32 Å². The van der Waals surface area contributed by atoms with Gasteiger partial charge in [-0.3, -0.25) is 0 Å². The topological polar surface area (TPSA) is 64.1 Å². The summed E-state index contributed by atoms with van der Waals surface area (Å²) in [4.78, 5) is 20.8. The molecule has 1 amide bonds. The predicted octanol–water partition coefficient (Wildman–Crippen LogP) is 4.00. The number of alkyl carbamates (subject to hydrolysis) is 1. The van der Waals surface area contributed by atoms with E-state index in [9.17, 15) is 4.79 Å². The Kier molecular flexibility index (Phi) is 4.96. The molecule has 5 nitrogen and oxygen atoms in total. The Balaban J connectivity index is 2.20. The fourth-order valence-electron chi connectivity index (χ4n) is 2.19. The van der Waals surface area contributed by atoms with Gasteiger partial charge in [0, 0.05) is 11.6 Å². The van der Waals surface area contributed by atoms with Crippen LogP contribution in [0.25, 0.3) is 11.0 Å². The van der Waals surface area contributed by atoms with E-state index in [1.54, 1.807) is 6.20 Å². The number of rotatable bonds is 4. The van der Waals surface area contributed by atoms with Gasteiger partial charge in [-0.2, -0.15) is 0 Å². The summed E-state index contributed by atoms with van der Waals surface area (Å²) in [7, 11) is 0. The molecule has 0 radical (unpaired) electrons. The maximum atomic E-state index is 12.0. The van der Waals surface area contributed by atoms with E-state index in [2.05, 4.69) is 22.2 Å². The molecule has 0 aliphatic carbocycles. The molecule has 0 saturated carbocycles. The number of hydrogen-bond acceptors (Lipinski definition) is 4. The van der Waals surface area contributed by atoms with Gasteiger partial charge in [-0.15, -0.1) is 0 Å². The molecule has 2 rings (SSSR count). The number of carbonyl (C=O) groups is 1. The normalized spacial score (nSPS) is 12.9. The van der Waals surface area contributed by atoms with E-state index in [-0.39, 0.29) is 6.04 Å². The minimum absolute atomic E-state index is 0.175. The van der Waals surface area contributed by atoms with Crippen LogP contribution in [0.15, 0.2) is 30.5 Å². The van der Waals surface area contributed by atoms with E-state index in [1.807, 2.05) is 45.0 Å². The van der Waals surface area contributed by atoms with Crippen LogP contribution in [-0.2, 0) is 4.74 Å². The molecule has 0 aromatic carbocycles. The Hall–Kier alpha value is -2.17. The average molecular weight is 301 g/mol. The average Bonchev–Trinajstić information content (AvgIpc) is 2.44. The summed E-state index contributed by atoms with van der Waals surface area (Å²) in [6, 6.07) is 7.58. The zero-order chi connectivity index (χ0) is 16.2. The SMILES string of the molecule is CCCC(NC(=O)OC(C)(C)C)c1ccc2cccnc2n1. The second-order valence-corrected chi connectivity index (χ2v) is 6.27. The number of hydrogen-bond donors (Lipinski definition) is 1. The summed E-state index contributed by atoms with van der Waals surface area (Å²) < 4.78 is 5.33. The Labute approximate surface area is 131 Å². The van der Waals surface area contributed by atoms with Gasteiger partial charge in [-0.25, -0.2) is 14.8 Å². The van der Waals surface area contributed by atoms with Gasteiger partial charge in [0.2, 0.25) is 0 Å². The minimum atomic E-state index is -0.515. The summed E-state index contributed by atoms with van der Waals surface area (Å²) >= 11 is 0. The number of fused-ring (bicyclic) bond motifs is 1. The molecule has 118 valence electrons. The molecule has 2 aromatic rings. The number of aromatic nitrogens is 2. The van der Waals surface area contributed by atoms with Crippen molar-refractivity contribution in [2.24, 2.45) is 0 Å². The second-order valence-electron chi connectivity index (χ2n) is 6.27. The number of carbonyl (C=O) groups excluding carboxylic acids is 1. The Bertz CT molecular complexity index is 650. The van der Waals surface area contributed by atoms with Gasteiger partial charge in [-0.05, 0) is 51.5 Å². The molecule has 0 aliphatic heterocycles. The lowest BCUT2D eigenvalue weighted by Crippen LogP contribution is -2.35.